The number of aromatic nitrogens is 2. The monoisotopic (exact) mass is 252 g/mol. The summed E-state index contributed by atoms with van der Waals surface area (Å²) in [5, 5.41) is 4.21. The van der Waals surface area contributed by atoms with Gasteiger partial charge in [-0.2, -0.15) is 5.10 Å². The number of hydrogen-bond donors (Lipinski definition) is 0. The molecule has 0 spiro atoms. The predicted octanol–water partition coefficient (Wildman–Crippen LogP) is 2.06. The Labute approximate surface area is 111 Å². The smallest absolute Gasteiger partial charge is 0.331 e. The lowest BCUT2D eigenvalue weighted by Gasteiger charge is -1.98. The van der Waals surface area contributed by atoms with Crippen LogP contribution in [-0.4, -0.2) is 22.4 Å². The van der Waals surface area contributed by atoms with E-state index < -0.39 is 5.97 Å². The van der Waals surface area contributed by atoms with E-state index in [1.54, 1.807) is 17.0 Å². The largest absolute Gasteiger partial charge is 0.449 e. The van der Waals surface area contributed by atoms with Crippen molar-refractivity contribution in [3.63, 3.8) is 0 Å². The molecule has 4 nitrogen and oxygen atoms in total. The lowest BCUT2D eigenvalue weighted by molar-refractivity contribution is -0.136. The van der Waals surface area contributed by atoms with Crippen molar-refractivity contribution in [1.29, 1.82) is 0 Å². The van der Waals surface area contributed by atoms with Gasteiger partial charge in [-0.25, -0.2) is 9.48 Å². The van der Waals surface area contributed by atoms with Gasteiger partial charge < -0.3 is 4.74 Å². The molecule has 0 amide bonds. The fraction of sp³-hybridized carbons (Fsp3) is 0.0667. The number of carbonyl (C=O) groups excluding carboxylic acids is 1. The zero-order valence-corrected chi connectivity index (χ0v) is 10.2. The number of para-hydroxylation sites is 1. The van der Waals surface area contributed by atoms with E-state index in [1.807, 2.05) is 36.5 Å². The van der Waals surface area contributed by atoms with Gasteiger partial charge in [0.25, 0.3) is 0 Å². The van der Waals surface area contributed by atoms with Crippen molar-refractivity contribution in [2.45, 2.75) is 0 Å². The van der Waals surface area contributed by atoms with E-state index in [4.69, 9.17) is 11.2 Å². The molecule has 0 bridgehead atoms. The number of rotatable bonds is 4. The van der Waals surface area contributed by atoms with E-state index in [9.17, 15) is 4.79 Å². The molecule has 0 atom stereocenters. The molecule has 0 fully saturated rings. The number of terminal acetylenes is 1. The van der Waals surface area contributed by atoms with E-state index in [0.717, 1.165) is 11.3 Å². The maximum atomic E-state index is 11.2. The van der Waals surface area contributed by atoms with Crippen LogP contribution in [0.3, 0.4) is 0 Å². The van der Waals surface area contributed by atoms with Crippen LogP contribution in [0, 0.1) is 12.3 Å². The summed E-state index contributed by atoms with van der Waals surface area (Å²) in [5.41, 5.74) is 1.76. The number of carbonyl (C=O) groups is 1. The Kier molecular flexibility index (Phi) is 4.14. The molecular weight excluding hydrogens is 240 g/mol. The van der Waals surface area contributed by atoms with E-state index >= 15 is 0 Å². The minimum atomic E-state index is -0.467. The van der Waals surface area contributed by atoms with Gasteiger partial charge >= 0.3 is 5.97 Å². The Bertz CT molecular complexity index is 621. The summed E-state index contributed by atoms with van der Waals surface area (Å²) >= 11 is 0. The first kappa shape index (κ1) is 12.7. The van der Waals surface area contributed by atoms with Crippen LogP contribution in [0.1, 0.15) is 5.56 Å². The summed E-state index contributed by atoms with van der Waals surface area (Å²) in [4.78, 5) is 11.2. The molecule has 0 saturated heterocycles. The maximum Gasteiger partial charge on any atom is 0.331 e. The second kappa shape index (κ2) is 6.22. The fourth-order valence-electron chi connectivity index (χ4n) is 1.47. The third-order valence-corrected chi connectivity index (χ3v) is 2.33. The van der Waals surface area contributed by atoms with Gasteiger partial charge in [0.1, 0.15) is 0 Å². The minimum Gasteiger partial charge on any atom is -0.449 e. The third-order valence-electron chi connectivity index (χ3n) is 2.33. The highest BCUT2D eigenvalue weighted by atomic mass is 16.5. The van der Waals surface area contributed by atoms with Crippen molar-refractivity contribution in [2.24, 2.45) is 0 Å². The predicted molar refractivity (Wildman–Crippen MR) is 72.4 cm³/mol. The summed E-state index contributed by atoms with van der Waals surface area (Å²) in [6.07, 6.45) is 11.4. The molecule has 19 heavy (non-hydrogen) atoms. The molecule has 0 radical (unpaired) electrons. The molecule has 0 saturated carbocycles. The summed E-state index contributed by atoms with van der Waals surface area (Å²) in [6.45, 7) is -0.0214. The second-order valence-electron chi connectivity index (χ2n) is 3.70. The first-order valence-electron chi connectivity index (χ1n) is 5.68. The molecule has 2 rings (SSSR count). The Hall–Kier alpha value is -2.80. The van der Waals surface area contributed by atoms with Gasteiger partial charge in [0.05, 0.1) is 11.9 Å². The van der Waals surface area contributed by atoms with Gasteiger partial charge in [0.2, 0.25) is 0 Å². The van der Waals surface area contributed by atoms with E-state index in [0.29, 0.717) is 0 Å². The van der Waals surface area contributed by atoms with E-state index in [-0.39, 0.29) is 6.61 Å². The van der Waals surface area contributed by atoms with Crippen molar-refractivity contribution in [2.75, 3.05) is 6.61 Å². The molecule has 0 N–H and O–H groups in total. The van der Waals surface area contributed by atoms with Gasteiger partial charge in [0.15, 0.2) is 6.61 Å². The number of nitrogens with zero attached hydrogens (tertiary/aromatic N) is 2. The van der Waals surface area contributed by atoms with Crippen molar-refractivity contribution >= 4 is 12.0 Å². The van der Waals surface area contributed by atoms with Crippen LogP contribution in [0.2, 0.25) is 0 Å². The van der Waals surface area contributed by atoms with Crippen molar-refractivity contribution < 1.29 is 9.53 Å². The van der Waals surface area contributed by atoms with Crippen molar-refractivity contribution in [3.05, 3.63) is 54.4 Å². The maximum absolute atomic E-state index is 11.2. The van der Waals surface area contributed by atoms with Gasteiger partial charge in [0, 0.05) is 17.8 Å². The topological polar surface area (TPSA) is 44.1 Å². The SMILES string of the molecule is C#CCOC(=O)/C=C/c1cnn(-c2ccccc2)c1. The van der Waals surface area contributed by atoms with Gasteiger partial charge in [-0.1, -0.05) is 24.1 Å². The molecule has 1 aromatic carbocycles. The molecule has 0 aliphatic rings. The third kappa shape index (κ3) is 3.58. The van der Waals surface area contributed by atoms with Crippen LogP contribution >= 0.6 is 0 Å². The quantitative estimate of drug-likeness (QED) is 0.475. The Morgan fingerprint density at radius 3 is 2.95 bits per heavy atom. The van der Waals surface area contributed by atoms with E-state index in [2.05, 4.69) is 11.0 Å². The molecule has 1 heterocycles. The summed E-state index contributed by atoms with van der Waals surface area (Å²) < 4.78 is 6.44. The lowest BCUT2D eigenvalue weighted by Crippen LogP contribution is -1.99. The molecule has 94 valence electrons. The van der Waals surface area contributed by atoms with Crippen LogP contribution in [-0.2, 0) is 9.53 Å². The molecule has 0 aliphatic heterocycles. The normalized spacial score (nSPS) is 10.3. The number of ether oxygens (including phenoxy) is 1. The van der Waals surface area contributed by atoms with Crippen LogP contribution in [0.4, 0.5) is 0 Å². The first-order chi connectivity index (χ1) is 9.29. The highest BCUT2D eigenvalue weighted by Gasteiger charge is 1.99. The van der Waals surface area contributed by atoms with Crippen LogP contribution in [0.5, 0.6) is 0 Å². The first-order valence-corrected chi connectivity index (χ1v) is 5.68. The number of benzene rings is 1. The highest BCUT2D eigenvalue weighted by Crippen LogP contribution is 2.08. The zero-order valence-electron chi connectivity index (χ0n) is 10.2. The number of esters is 1. The molecule has 1 aromatic heterocycles. The fourth-order valence-corrected chi connectivity index (χ4v) is 1.47. The van der Waals surface area contributed by atoms with Crippen LogP contribution in [0.25, 0.3) is 11.8 Å². The van der Waals surface area contributed by atoms with Crippen molar-refractivity contribution in [1.82, 2.24) is 9.78 Å². The van der Waals surface area contributed by atoms with E-state index in [1.165, 1.54) is 6.08 Å². The summed E-state index contributed by atoms with van der Waals surface area (Å²) in [7, 11) is 0. The zero-order chi connectivity index (χ0) is 13.5. The van der Waals surface area contributed by atoms with Crippen LogP contribution < -0.4 is 0 Å². The molecule has 0 aliphatic carbocycles. The average Bonchev–Trinajstić information content (AvgIpc) is 2.93. The Balaban J connectivity index is 2.04. The minimum absolute atomic E-state index is 0.0214. The van der Waals surface area contributed by atoms with Crippen molar-refractivity contribution in [3.8, 4) is 18.0 Å². The molecular formula is C15H12N2O2. The molecule has 2 aromatic rings. The van der Waals surface area contributed by atoms with Gasteiger partial charge in [-0.15, -0.1) is 6.42 Å². The lowest BCUT2D eigenvalue weighted by atomic mass is 10.3. The molecule has 4 heteroatoms. The number of hydrogen-bond acceptors (Lipinski definition) is 3. The standard InChI is InChI=1S/C15H12N2O2/c1-2-10-19-15(18)9-8-13-11-16-17(12-13)14-6-4-3-5-7-14/h1,3-9,11-12H,10H2/b9-8+. The summed E-state index contributed by atoms with van der Waals surface area (Å²) in [5.74, 6) is 1.76. The summed E-state index contributed by atoms with van der Waals surface area (Å²) in [6, 6.07) is 9.70. The Morgan fingerprint density at radius 1 is 1.42 bits per heavy atom. The average molecular weight is 252 g/mol. The molecule has 0 unspecified atom stereocenters. The Morgan fingerprint density at radius 2 is 2.21 bits per heavy atom. The van der Waals surface area contributed by atoms with Crippen LogP contribution in [0.15, 0.2) is 48.8 Å². The highest BCUT2D eigenvalue weighted by molar-refractivity contribution is 5.87. The van der Waals surface area contributed by atoms with Gasteiger partial charge in [-0.3, -0.25) is 0 Å². The second-order valence-corrected chi connectivity index (χ2v) is 3.70. The van der Waals surface area contributed by atoms with Gasteiger partial charge in [-0.05, 0) is 18.2 Å².